The topological polar surface area (TPSA) is 61.8 Å². The first-order valence-electron chi connectivity index (χ1n) is 9.49. The van der Waals surface area contributed by atoms with Crippen LogP contribution in [0.25, 0.3) is 21.0 Å². The van der Waals surface area contributed by atoms with Crippen molar-refractivity contribution in [3.63, 3.8) is 0 Å². The van der Waals surface area contributed by atoms with Crippen LogP contribution in [0.1, 0.15) is 11.1 Å². The van der Waals surface area contributed by atoms with Crippen molar-refractivity contribution in [3.8, 4) is 23.0 Å². The highest BCUT2D eigenvalue weighted by Crippen LogP contribution is 2.46. The molecule has 3 aromatic carbocycles. The molecule has 0 aliphatic heterocycles. The second-order valence-electron chi connectivity index (χ2n) is 6.79. The molecule has 1 aromatic heterocycles. The minimum absolute atomic E-state index is 0.523. The fourth-order valence-corrected chi connectivity index (χ4v) is 4.63. The number of nitrogens with one attached hydrogen (secondary N) is 1. The predicted molar refractivity (Wildman–Crippen MR) is 122 cm³/mol. The van der Waals surface area contributed by atoms with Gasteiger partial charge in [-0.15, -0.1) is 0 Å². The number of ether oxygens (including phenoxy) is 4. The number of thiazole rings is 1. The van der Waals surface area contributed by atoms with Gasteiger partial charge in [0.15, 0.2) is 5.13 Å². The fraction of sp³-hybridized carbons (Fsp3) is 0.261. The van der Waals surface area contributed by atoms with E-state index in [1.807, 2.05) is 18.2 Å². The average Bonchev–Trinajstić information content (AvgIpc) is 3.20. The molecule has 0 saturated carbocycles. The third-order valence-electron chi connectivity index (χ3n) is 5.11. The second kappa shape index (κ2) is 8.28. The zero-order valence-electron chi connectivity index (χ0n) is 17.7. The average molecular weight is 425 g/mol. The summed E-state index contributed by atoms with van der Waals surface area (Å²) in [7, 11) is 6.58. The standard InChI is InChI=1S/C23H24N2O4S/c1-13-7-6-8-18-21(13)25-23(30-18)24-12-14-11-17(28-4)19-15(26-2)9-10-16(27-3)20(19)22(14)29-5/h6-11H,12H2,1-5H3,(H,24,25). The molecule has 0 amide bonds. The Kier molecular flexibility index (Phi) is 5.55. The van der Waals surface area contributed by atoms with E-state index in [2.05, 4.69) is 30.4 Å². The molecule has 0 spiro atoms. The van der Waals surface area contributed by atoms with Gasteiger partial charge in [0.05, 0.1) is 49.4 Å². The lowest BCUT2D eigenvalue weighted by atomic mass is 10.0. The number of aryl methyl sites for hydroxylation is 1. The summed E-state index contributed by atoms with van der Waals surface area (Å²) in [5.74, 6) is 2.80. The van der Waals surface area contributed by atoms with Gasteiger partial charge in [0.2, 0.25) is 0 Å². The van der Waals surface area contributed by atoms with Gasteiger partial charge in [-0.2, -0.15) is 0 Å². The van der Waals surface area contributed by atoms with E-state index in [1.165, 1.54) is 5.56 Å². The highest BCUT2D eigenvalue weighted by atomic mass is 32.1. The number of nitrogens with zero attached hydrogens (tertiary/aromatic N) is 1. The summed E-state index contributed by atoms with van der Waals surface area (Å²) in [5, 5.41) is 5.92. The molecule has 1 heterocycles. The van der Waals surface area contributed by atoms with Crippen LogP contribution in [0.4, 0.5) is 5.13 Å². The number of para-hydroxylation sites is 1. The van der Waals surface area contributed by atoms with Crippen LogP contribution in [0.3, 0.4) is 0 Å². The van der Waals surface area contributed by atoms with Gasteiger partial charge in [0.1, 0.15) is 23.0 Å². The van der Waals surface area contributed by atoms with E-state index >= 15 is 0 Å². The normalized spacial score (nSPS) is 11.0. The van der Waals surface area contributed by atoms with Gasteiger partial charge in [-0.1, -0.05) is 23.5 Å². The van der Waals surface area contributed by atoms with Crippen LogP contribution in [-0.4, -0.2) is 33.4 Å². The number of aromatic nitrogens is 1. The van der Waals surface area contributed by atoms with Gasteiger partial charge in [-0.05, 0) is 36.8 Å². The molecular weight excluding hydrogens is 400 g/mol. The van der Waals surface area contributed by atoms with E-state index in [1.54, 1.807) is 39.8 Å². The molecule has 1 N–H and O–H groups in total. The second-order valence-corrected chi connectivity index (χ2v) is 7.82. The Morgan fingerprint density at radius 3 is 2.20 bits per heavy atom. The molecule has 0 aliphatic carbocycles. The third-order valence-corrected chi connectivity index (χ3v) is 6.09. The summed E-state index contributed by atoms with van der Waals surface area (Å²) in [4.78, 5) is 4.74. The molecule has 0 fully saturated rings. The Bertz CT molecular complexity index is 1220. The first-order chi connectivity index (χ1) is 14.6. The van der Waals surface area contributed by atoms with Gasteiger partial charge >= 0.3 is 0 Å². The molecule has 4 aromatic rings. The maximum Gasteiger partial charge on any atom is 0.184 e. The molecule has 30 heavy (non-hydrogen) atoms. The van der Waals surface area contributed by atoms with Gasteiger partial charge in [-0.25, -0.2) is 4.98 Å². The van der Waals surface area contributed by atoms with Gasteiger partial charge < -0.3 is 24.3 Å². The molecule has 0 bridgehead atoms. The van der Waals surface area contributed by atoms with Crippen LogP contribution in [0.5, 0.6) is 23.0 Å². The van der Waals surface area contributed by atoms with Crippen molar-refractivity contribution in [2.45, 2.75) is 13.5 Å². The number of hydrogen-bond acceptors (Lipinski definition) is 7. The van der Waals surface area contributed by atoms with Crippen LogP contribution < -0.4 is 24.3 Å². The fourth-order valence-electron chi connectivity index (χ4n) is 3.69. The summed E-state index contributed by atoms with van der Waals surface area (Å²) < 4.78 is 23.9. The molecule has 0 unspecified atom stereocenters. The number of hydrogen-bond donors (Lipinski definition) is 1. The Labute approximate surface area is 179 Å². The van der Waals surface area contributed by atoms with Crippen LogP contribution >= 0.6 is 11.3 Å². The maximum atomic E-state index is 5.82. The Morgan fingerprint density at radius 1 is 0.867 bits per heavy atom. The summed E-state index contributed by atoms with van der Waals surface area (Å²) >= 11 is 1.63. The van der Waals surface area contributed by atoms with Crippen LogP contribution in [0.15, 0.2) is 36.4 Å². The molecule has 0 radical (unpaired) electrons. The Morgan fingerprint density at radius 2 is 1.57 bits per heavy atom. The van der Waals surface area contributed by atoms with Gasteiger partial charge in [0.25, 0.3) is 0 Å². The van der Waals surface area contributed by atoms with Crippen molar-refractivity contribution in [3.05, 3.63) is 47.5 Å². The number of methoxy groups -OCH3 is 4. The molecule has 6 nitrogen and oxygen atoms in total. The van der Waals surface area contributed by atoms with Crippen molar-refractivity contribution < 1.29 is 18.9 Å². The van der Waals surface area contributed by atoms with E-state index in [0.29, 0.717) is 29.5 Å². The molecule has 0 atom stereocenters. The number of anilines is 1. The summed E-state index contributed by atoms with van der Waals surface area (Å²) in [5.41, 5.74) is 3.13. The largest absolute Gasteiger partial charge is 0.496 e. The number of benzene rings is 3. The summed E-state index contributed by atoms with van der Waals surface area (Å²) in [6.45, 7) is 2.59. The van der Waals surface area contributed by atoms with E-state index in [4.69, 9.17) is 23.9 Å². The number of rotatable bonds is 7. The maximum absolute atomic E-state index is 5.82. The predicted octanol–water partition coefficient (Wildman–Crippen LogP) is 5.40. The lowest BCUT2D eigenvalue weighted by molar-refractivity contribution is 0.390. The Hall–Kier alpha value is -3.19. The van der Waals surface area contributed by atoms with Crippen molar-refractivity contribution >= 4 is 37.5 Å². The van der Waals surface area contributed by atoms with E-state index in [9.17, 15) is 0 Å². The molecule has 156 valence electrons. The quantitative estimate of drug-likeness (QED) is 0.428. The lowest BCUT2D eigenvalue weighted by Gasteiger charge is -2.19. The van der Waals surface area contributed by atoms with E-state index in [-0.39, 0.29) is 0 Å². The highest BCUT2D eigenvalue weighted by molar-refractivity contribution is 7.22. The minimum Gasteiger partial charge on any atom is -0.496 e. The van der Waals surface area contributed by atoms with E-state index < -0.39 is 0 Å². The van der Waals surface area contributed by atoms with Crippen LogP contribution in [-0.2, 0) is 6.54 Å². The zero-order chi connectivity index (χ0) is 21.3. The van der Waals surface area contributed by atoms with Crippen LogP contribution in [0.2, 0.25) is 0 Å². The first-order valence-corrected chi connectivity index (χ1v) is 10.3. The summed E-state index contributed by atoms with van der Waals surface area (Å²) in [6.07, 6.45) is 0. The monoisotopic (exact) mass is 424 g/mol. The molecule has 4 rings (SSSR count). The van der Waals surface area contributed by atoms with Crippen molar-refractivity contribution in [1.29, 1.82) is 0 Å². The lowest BCUT2D eigenvalue weighted by Crippen LogP contribution is -2.04. The minimum atomic E-state index is 0.523. The van der Waals surface area contributed by atoms with Crippen molar-refractivity contribution in [2.24, 2.45) is 0 Å². The smallest absolute Gasteiger partial charge is 0.184 e. The number of fused-ring (bicyclic) bond motifs is 2. The Balaban J connectivity index is 1.80. The first kappa shape index (κ1) is 20.1. The summed E-state index contributed by atoms with van der Waals surface area (Å²) in [6, 6.07) is 11.9. The zero-order valence-corrected chi connectivity index (χ0v) is 18.5. The van der Waals surface area contributed by atoms with Gasteiger partial charge in [-0.3, -0.25) is 0 Å². The SMILES string of the molecule is COc1ccc(OC)c2c(OC)c(CNc3nc4c(C)cccc4s3)cc(OC)c12. The molecule has 7 heteroatoms. The van der Waals surface area contributed by atoms with Crippen molar-refractivity contribution in [1.82, 2.24) is 4.98 Å². The van der Waals surface area contributed by atoms with Crippen LogP contribution in [0, 0.1) is 6.92 Å². The molecule has 0 aliphatic rings. The van der Waals surface area contributed by atoms with E-state index in [0.717, 1.165) is 31.7 Å². The molecule has 0 saturated heterocycles. The third kappa shape index (κ3) is 3.35. The van der Waals surface area contributed by atoms with Crippen molar-refractivity contribution in [2.75, 3.05) is 33.8 Å². The molecular formula is C23H24N2O4S. The van der Waals surface area contributed by atoms with Gasteiger partial charge in [0, 0.05) is 12.1 Å². The highest BCUT2D eigenvalue weighted by Gasteiger charge is 2.21.